The number of hydrogen-bond acceptors (Lipinski definition) is 4. The lowest BCUT2D eigenvalue weighted by Gasteiger charge is -2.18. The molecule has 4 rings (SSSR count). The summed E-state index contributed by atoms with van der Waals surface area (Å²) in [5, 5.41) is 4.86. The Morgan fingerprint density at radius 2 is 2.20 bits per heavy atom. The van der Waals surface area contributed by atoms with Crippen LogP contribution in [0.1, 0.15) is 55.2 Å². The zero-order valence-electron chi connectivity index (χ0n) is 14.4. The van der Waals surface area contributed by atoms with Crippen LogP contribution in [0.25, 0.3) is 10.9 Å². The lowest BCUT2D eigenvalue weighted by molar-refractivity contribution is 0.0954. The highest BCUT2D eigenvalue weighted by Gasteiger charge is 2.18. The Morgan fingerprint density at radius 3 is 3.04 bits per heavy atom. The molecule has 130 valence electrons. The van der Waals surface area contributed by atoms with Gasteiger partial charge in [0, 0.05) is 24.2 Å². The molecule has 25 heavy (non-hydrogen) atoms. The van der Waals surface area contributed by atoms with Crippen molar-refractivity contribution in [1.29, 1.82) is 0 Å². The Balaban J connectivity index is 1.59. The van der Waals surface area contributed by atoms with Crippen LogP contribution in [-0.2, 0) is 13.0 Å². The first kappa shape index (κ1) is 16.0. The molecule has 1 aromatic carbocycles. The summed E-state index contributed by atoms with van der Waals surface area (Å²) in [6.45, 7) is 2.94. The summed E-state index contributed by atoms with van der Waals surface area (Å²) in [4.78, 5) is 29.4. The maximum absolute atomic E-state index is 12.5. The van der Waals surface area contributed by atoms with Gasteiger partial charge in [-0.25, -0.2) is 10.4 Å². The topological polar surface area (TPSA) is 76.3 Å². The quantitative estimate of drug-likeness (QED) is 0.855. The van der Waals surface area contributed by atoms with Crippen LogP contribution in [0.4, 0.5) is 0 Å². The Morgan fingerprint density at radius 1 is 1.32 bits per heavy atom. The molecule has 1 fully saturated rings. The summed E-state index contributed by atoms with van der Waals surface area (Å²) in [6.07, 6.45) is 6.01. The smallest absolute Gasteiger partial charge is 0.271 e. The van der Waals surface area contributed by atoms with Gasteiger partial charge in [-0.3, -0.25) is 14.2 Å². The predicted octanol–water partition coefficient (Wildman–Crippen LogP) is 2.64. The molecular weight excluding hydrogens is 316 g/mol. The number of nitrogens with zero attached hydrogens (tertiary/aromatic N) is 3. The third-order valence-electron chi connectivity index (χ3n) is 5.14. The van der Waals surface area contributed by atoms with Gasteiger partial charge in [0.15, 0.2) is 0 Å². The van der Waals surface area contributed by atoms with Crippen LogP contribution in [0.3, 0.4) is 0 Å². The first-order valence-corrected chi connectivity index (χ1v) is 9.01. The fourth-order valence-electron chi connectivity index (χ4n) is 3.78. The Kier molecular flexibility index (Phi) is 4.11. The number of hydrazone groups is 1. The van der Waals surface area contributed by atoms with E-state index < -0.39 is 0 Å². The van der Waals surface area contributed by atoms with E-state index in [2.05, 4.69) is 22.4 Å². The number of benzene rings is 1. The molecule has 1 aromatic heterocycles. The Hall–Kier alpha value is -2.50. The third kappa shape index (κ3) is 3.08. The van der Waals surface area contributed by atoms with Gasteiger partial charge in [0.1, 0.15) is 5.82 Å². The number of nitrogens with one attached hydrogen (secondary N) is 1. The van der Waals surface area contributed by atoms with E-state index in [1.165, 1.54) is 6.42 Å². The van der Waals surface area contributed by atoms with E-state index in [-0.39, 0.29) is 11.5 Å². The van der Waals surface area contributed by atoms with Crippen LogP contribution in [0, 0.1) is 5.92 Å². The zero-order chi connectivity index (χ0) is 17.4. The molecule has 2 aromatic rings. The molecule has 1 atom stereocenters. The van der Waals surface area contributed by atoms with E-state index in [1.807, 2.05) is 0 Å². The number of aromatic nitrogens is 2. The summed E-state index contributed by atoms with van der Waals surface area (Å²) in [5.41, 5.74) is 4.77. The van der Waals surface area contributed by atoms with E-state index in [0.29, 0.717) is 22.4 Å². The molecule has 0 radical (unpaired) electrons. The van der Waals surface area contributed by atoms with Crippen LogP contribution in [-0.4, -0.2) is 21.2 Å². The van der Waals surface area contributed by atoms with Gasteiger partial charge in [0.05, 0.1) is 10.9 Å². The van der Waals surface area contributed by atoms with Crippen LogP contribution in [0.5, 0.6) is 0 Å². The van der Waals surface area contributed by atoms with Crippen molar-refractivity contribution in [3.8, 4) is 0 Å². The maximum atomic E-state index is 12.5. The SMILES string of the molecule is C[C@@H]1CCC/C(=N\NC(=O)c2ccc3c(=O)n4c(nc3c2)CCC4)C1. The number of hydrogen-bond donors (Lipinski definition) is 1. The summed E-state index contributed by atoms with van der Waals surface area (Å²) >= 11 is 0. The lowest BCUT2D eigenvalue weighted by atomic mass is 9.89. The first-order chi connectivity index (χ1) is 12.1. The van der Waals surface area contributed by atoms with Gasteiger partial charge in [-0.05, 0) is 56.2 Å². The Labute approximate surface area is 146 Å². The highest BCUT2D eigenvalue weighted by molar-refractivity contribution is 5.98. The number of carbonyl (C=O) groups is 1. The highest BCUT2D eigenvalue weighted by Crippen LogP contribution is 2.21. The van der Waals surface area contributed by atoms with Gasteiger partial charge in [-0.2, -0.15) is 5.10 Å². The summed E-state index contributed by atoms with van der Waals surface area (Å²) in [6, 6.07) is 5.06. The van der Waals surface area contributed by atoms with Crippen molar-refractivity contribution in [2.45, 2.75) is 52.0 Å². The molecule has 0 bridgehead atoms. The molecular formula is C19H22N4O2. The second-order valence-electron chi connectivity index (χ2n) is 7.14. The van der Waals surface area contributed by atoms with E-state index in [1.54, 1.807) is 22.8 Å². The Bertz CT molecular complexity index is 929. The third-order valence-corrected chi connectivity index (χ3v) is 5.14. The molecule has 1 N–H and O–H groups in total. The summed E-state index contributed by atoms with van der Waals surface area (Å²) < 4.78 is 1.73. The molecule has 1 aliphatic carbocycles. The minimum absolute atomic E-state index is 0.0131. The van der Waals surface area contributed by atoms with Gasteiger partial charge >= 0.3 is 0 Å². The van der Waals surface area contributed by atoms with E-state index >= 15 is 0 Å². The monoisotopic (exact) mass is 338 g/mol. The molecule has 0 saturated heterocycles. The number of amides is 1. The normalized spacial score (nSPS) is 21.5. The second-order valence-corrected chi connectivity index (χ2v) is 7.14. The fourth-order valence-corrected chi connectivity index (χ4v) is 3.78. The molecule has 0 unspecified atom stereocenters. The van der Waals surface area contributed by atoms with Crippen molar-refractivity contribution in [2.24, 2.45) is 11.0 Å². The first-order valence-electron chi connectivity index (χ1n) is 9.01. The molecule has 0 spiro atoms. The standard InChI is InChI=1S/C19H22N4O2/c1-12-4-2-5-14(10-12)21-22-18(24)13-7-8-15-16(11-13)20-17-6-3-9-23(17)19(15)25/h7-8,11-12H,2-6,9-10H2,1H3,(H,22,24)/b21-14+/t12-/m1/s1. The van der Waals surface area contributed by atoms with Crippen LogP contribution in [0.2, 0.25) is 0 Å². The minimum Gasteiger partial charge on any atom is -0.296 e. The average Bonchev–Trinajstić information content (AvgIpc) is 3.08. The summed E-state index contributed by atoms with van der Waals surface area (Å²) in [5.74, 6) is 1.19. The number of carbonyl (C=O) groups excluding carboxylic acids is 1. The average molecular weight is 338 g/mol. The molecule has 6 nitrogen and oxygen atoms in total. The highest BCUT2D eigenvalue weighted by atomic mass is 16.2. The number of fused-ring (bicyclic) bond motifs is 2. The molecule has 2 aliphatic rings. The number of rotatable bonds is 2. The van der Waals surface area contributed by atoms with Crippen LogP contribution >= 0.6 is 0 Å². The van der Waals surface area contributed by atoms with Crippen LogP contribution < -0.4 is 11.0 Å². The van der Waals surface area contributed by atoms with E-state index in [0.717, 1.165) is 50.2 Å². The van der Waals surface area contributed by atoms with Crippen molar-refractivity contribution in [1.82, 2.24) is 15.0 Å². The number of aryl methyl sites for hydroxylation is 1. The van der Waals surface area contributed by atoms with Crippen molar-refractivity contribution in [2.75, 3.05) is 0 Å². The van der Waals surface area contributed by atoms with Crippen molar-refractivity contribution in [3.63, 3.8) is 0 Å². The fraction of sp³-hybridized carbons (Fsp3) is 0.474. The van der Waals surface area contributed by atoms with Gasteiger partial charge in [0.25, 0.3) is 11.5 Å². The van der Waals surface area contributed by atoms with Crippen molar-refractivity contribution >= 4 is 22.5 Å². The van der Waals surface area contributed by atoms with Gasteiger partial charge in [0.2, 0.25) is 0 Å². The predicted molar refractivity (Wildman–Crippen MR) is 96.9 cm³/mol. The molecule has 2 heterocycles. The van der Waals surface area contributed by atoms with Gasteiger partial charge < -0.3 is 0 Å². The van der Waals surface area contributed by atoms with Crippen molar-refractivity contribution in [3.05, 3.63) is 39.9 Å². The minimum atomic E-state index is -0.255. The van der Waals surface area contributed by atoms with Crippen molar-refractivity contribution < 1.29 is 4.79 Å². The van der Waals surface area contributed by atoms with E-state index in [4.69, 9.17) is 0 Å². The molecule has 1 aliphatic heterocycles. The van der Waals surface area contributed by atoms with E-state index in [9.17, 15) is 9.59 Å². The van der Waals surface area contributed by atoms with Gasteiger partial charge in [-0.15, -0.1) is 0 Å². The zero-order valence-corrected chi connectivity index (χ0v) is 14.4. The molecule has 6 heteroatoms. The molecule has 1 amide bonds. The molecule has 1 saturated carbocycles. The largest absolute Gasteiger partial charge is 0.296 e. The maximum Gasteiger partial charge on any atom is 0.271 e. The van der Waals surface area contributed by atoms with Crippen LogP contribution in [0.15, 0.2) is 28.1 Å². The lowest BCUT2D eigenvalue weighted by Crippen LogP contribution is -2.23. The van der Waals surface area contributed by atoms with Gasteiger partial charge in [-0.1, -0.05) is 6.92 Å². The summed E-state index contributed by atoms with van der Waals surface area (Å²) in [7, 11) is 0. The second kappa shape index (κ2) is 6.43.